The summed E-state index contributed by atoms with van der Waals surface area (Å²) in [6.45, 7) is 2.03. The monoisotopic (exact) mass is 325 g/mol. The van der Waals surface area contributed by atoms with Crippen LogP contribution in [0.5, 0.6) is 17.2 Å². The molecule has 1 N–H and O–H groups in total. The van der Waals surface area contributed by atoms with Crippen LogP contribution in [0.25, 0.3) is 16.9 Å². The third-order valence-electron chi connectivity index (χ3n) is 3.92. The molecule has 0 fully saturated rings. The molecule has 0 atom stereocenters. The molecule has 1 heterocycles. The average Bonchev–Trinajstić information content (AvgIpc) is 3.10. The van der Waals surface area contributed by atoms with Gasteiger partial charge < -0.3 is 14.6 Å². The molecule has 6 nitrogen and oxygen atoms in total. The molecule has 0 saturated heterocycles. The molecule has 24 heavy (non-hydrogen) atoms. The second kappa shape index (κ2) is 6.62. The molecule has 2 aromatic carbocycles. The van der Waals surface area contributed by atoms with Crippen molar-refractivity contribution < 1.29 is 14.6 Å². The third-order valence-corrected chi connectivity index (χ3v) is 3.92. The number of phenolic OH excluding ortho intramolecular Hbond substituents is 1. The van der Waals surface area contributed by atoms with Crippen molar-refractivity contribution in [2.75, 3.05) is 14.2 Å². The van der Waals surface area contributed by atoms with Crippen molar-refractivity contribution in [2.24, 2.45) is 0 Å². The first-order chi connectivity index (χ1) is 11.7. The summed E-state index contributed by atoms with van der Waals surface area (Å²) in [5.41, 5.74) is 3.26. The lowest BCUT2D eigenvalue weighted by atomic mass is 10.1. The SMILES string of the molecule is CCc1cc(-n2nncc2-c2ccc(OC)cc2)c(O)cc1OC. The van der Waals surface area contributed by atoms with Gasteiger partial charge in [0.1, 0.15) is 22.9 Å². The lowest BCUT2D eigenvalue weighted by molar-refractivity contribution is 0.402. The highest BCUT2D eigenvalue weighted by Crippen LogP contribution is 2.33. The molecular weight excluding hydrogens is 306 g/mol. The Morgan fingerprint density at radius 1 is 1.08 bits per heavy atom. The van der Waals surface area contributed by atoms with Gasteiger partial charge in [-0.25, -0.2) is 4.68 Å². The number of aromatic hydroxyl groups is 1. The number of nitrogens with zero attached hydrogens (tertiary/aromatic N) is 3. The highest BCUT2D eigenvalue weighted by molar-refractivity contribution is 5.64. The summed E-state index contributed by atoms with van der Waals surface area (Å²) in [6, 6.07) is 11.1. The molecule has 6 heteroatoms. The van der Waals surface area contributed by atoms with Crippen LogP contribution >= 0.6 is 0 Å². The van der Waals surface area contributed by atoms with Crippen LogP contribution in [0.15, 0.2) is 42.6 Å². The van der Waals surface area contributed by atoms with E-state index in [0.717, 1.165) is 29.0 Å². The molecule has 0 saturated carbocycles. The van der Waals surface area contributed by atoms with Crippen LogP contribution in [0.3, 0.4) is 0 Å². The Hall–Kier alpha value is -3.02. The summed E-state index contributed by atoms with van der Waals surface area (Å²) in [5, 5.41) is 18.5. The van der Waals surface area contributed by atoms with Gasteiger partial charge in [0.25, 0.3) is 0 Å². The zero-order chi connectivity index (χ0) is 17.1. The minimum Gasteiger partial charge on any atom is -0.506 e. The average molecular weight is 325 g/mol. The lowest BCUT2D eigenvalue weighted by Gasteiger charge is -2.13. The fourth-order valence-electron chi connectivity index (χ4n) is 2.61. The molecule has 0 amide bonds. The molecule has 0 aliphatic heterocycles. The topological polar surface area (TPSA) is 69.4 Å². The van der Waals surface area contributed by atoms with Crippen LogP contribution in [0.2, 0.25) is 0 Å². The molecule has 0 unspecified atom stereocenters. The molecule has 124 valence electrons. The summed E-state index contributed by atoms with van der Waals surface area (Å²) in [4.78, 5) is 0. The highest BCUT2D eigenvalue weighted by atomic mass is 16.5. The van der Waals surface area contributed by atoms with E-state index >= 15 is 0 Å². The second-order valence-electron chi connectivity index (χ2n) is 5.27. The van der Waals surface area contributed by atoms with Crippen molar-refractivity contribution in [1.82, 2.24) is 15.0 Å². The summed E-state index contributed by atoms with van der Waals surface area (Å²) < 4.78 is 12.1. The van der Waals surface area contributed by atoms with Gasteiger partial charge in [-0.3, -0.25) is 0 Å². The van der Waals surface area contributed by atoms with Gasteiger partial charge in [0.2, 0.25) is 0 Å². The van der Waals surface area contributed by atoms with Crippen LogP contribution < -0.4 is 9.47 Å². The van der Waals surface area contributed by atoms with Crippen molar-refractivity contribution in [3.63, 3.8) is 0 Å². The molecule has 1 aromatic heterocycles. The number of benzene rings is 2. The Labute approximate surface area is 140 Å². The van der Waals surface area contributed by atoms with Gasteiger partial charge in [-0.15, -0.1) is 5.10 Å². The van der Waals surface area contributed by atoms with Gasteiger partial charge in [-0.05, 0) is 42.3 Å². The Morgan fingerprint density at radius 3 is 2.46 bits per heavy atom. The van der Waals surface area contributed by atoms with Crippen LogP contribution in [-0.4, -0.2) is 34.3 Å². The molecule has 0 aliphatic carbocycles. The largest absolute Gasteiger partial charge is 0.506 e. The summed E-state index contributed by atoms with van der Waals surface area (Å²) >= 11 is 0. The van der Waals surface area contributed by atoms with Crippen molar-refractivity contribution >= 4 is 0 Å². The third kappa shape index (κ3) is 2.78. The first-order valence-corrected chi connectivity index (χ1v) is 7.63. The Kier molecular flexibility index (Phi) is 4.37. The molecular formula is C18H19N3O3. The lowest BCUT2D eigenvalue weighted by Crippen LogP contribution is -2.02. The summed E-state index contributed by atoms with van der Waals surface area (Å²) in [5.74, 6) is 1.52. The minimum absolute atomic E-state index is 0.0873. The van der Waals surface area contributed by atoms with Crippen LogP contribution in [0, 0.1) is 0 Å². The maximum Gasteiger partial charge on any atom is 0.145 e. The summed E-state index contributed by atoms with van der Waals surface area (Å²) in [7, 11) is 3.22. The van der Waals surface area contributed by atoms with Gasteiger partial charge in [0.15, 0.2) is 0 Å². The van der Waals surface area contributed by atoms with Crippen LogP contribution in [0.4, 0.5) is 0 Å². The Bertz CT molecular complexity index is 841. The maximum absolute atomic E-state index is 10.4. The quantitative estimate of drug-likeness (QED) is 0.780. The van der Waals surface area contributed by atoms with Gasteiger partial charge in [0, 0.05) is 11.6 Å². The van der Waals surface area contributed by atoms with Crippen molar-refractivity contribution in [2.45, 2.75) is 13.3 Å². The fraction of sp³-hybridized carbons (Fsp3) is 0.222. The van der Waals surface area contributed by atoms with Crippen molar-refractivity contribution in [1.29, 1.82) is 0 Å². The maximum atomic E-state index is 10.4. The van der Waals surface area contributed by atoms with E-state index in [9.17, 15) is 5.11 Å². The van der Waals surface area contributed by atoms with E-state index in [0.29, 0.717) is 11.4 Å². The smallest absolute Gasteiger partial charge is 0.145 e. The number of hydrogen-bond donors (Lipinski definition) is 1. The Balaban J connectivity index is 2.10. The van der Waals surface area contributed by atoms with Crippen molar-refractivity contribution in [3.8, 4) is 34.2 Å². The number of methoxy groups -OCH3 is 2. The molecule has 3 rings (SSSR count). The standard InChI is InChI=1S/C18H19N3O3/c1-4-12-9-15(17(22)10-18(12)24-3)21-16(11-19-20-21)13-5-7-14(23-2)8-6-13/h5-11,22H,4H2,1-3H3. The van der Waals surface area contributed by atoms with Crippen molar-refractivity contribution in [3.05, 3.63) is 48.2 Å². The number of phenols is 1. The minimum atomic E-state index is 0.0873. The number of aryl methyl sites for hydroxylation is 1. The fourth-order valence-corrected chi connectivity index (χ4v) is 2.61. The first kappa shape index (κ1) is 15.9. The number of hydrogen-bond acceptors (Lipinski definition) is 5. The predicted octanol–water partition coefficient (Wildman–Crippen LogP) is 3.22. The van der Waals surface area contributed by atoms with Gasteiger partial charge >= 0.3 is 0 Å². The number of ether oxygens (including phenoxy) is 2. The van der Waals surface area contributed by atoms with Gasteiger partial charge in [0.05, 0.1) is 26.1 Å². The zero-order valence-electron chi connectivity index (χ0n) is 13.9. The highest BCUT2D eigenvalue weighted by Gasteiger charge is 2.15. The van der Waals surface area contributed by atoms with Crippen LogP contribution in [0.1, 0.15) is 12.5 Å². The predicted molar refractivity (Wildman–Crippen MR) is 90.9 cm³/mol. The molecule has 0 bridgehead atoms. The van der Waals surface area contributed by atoms with Crippen LogP contribution in [-0.2, 0) is 6.42 Å². The van der Waals surface area contributed by atoms with E-state index < -0.39 is 0 Å². The molecule has 0 radical (unpaired) electrons. The van der Waals surface area contributed by atoms with E-state index in [4.69, 9.17) is 9.47 Å². The van der Waals surface area contributed by atoms with Gasteiger partial charge in [-0.2, -0.15) is 0 Å². The molecule has 0 spiro atoms. The van der Waals surface area contributed by atoms with E-state index in [2.05, 4.69) is 10.3 Å². The van der Waals surface area contributed by atoms with Gasteiger partial charge in [-0.1, -0.05) is 12.1 Å². The zero-order valence-corrected chi connectivity index (χ0v) is 13.9. The van der Waals surface area contributed by atoms with E-state index in [1.165, 1.54) is 0 Å². The van der Waals surface area contributed by atoms with E-state index in [-0.39, 0.29) is 5.75 Å². The number of rotatable bonds is 5. The van der Waals surface area contributed by atoms with E-state index in [1.807, 2.05) is 37.3 Å². The number of aromatic nitrogens is 3. The Morgan fingerprint density at radius 2 is 1.83 bits per heavy atom. The molecule has 0 aliphatic rings. The van der Waals surface area contributed by atoms with E-state index in [1.54, 1.807) is 31.2 Å². The second-order valence-corrected chi connectivity index (χ2v) is 5.27. The normalized spacial score (nSPS) is 10.6. The first-order valence-electron chi connectivity index (χ1n) is 7.63. The molecule has 3 aromatic rings. The summed E-state index contributed by atoms with van der Waals surface area (Å²) in [6.07, 6.45) is 2.44.